The molecule has 2 aromatic rings. The van der Waals surface area contributed by atoms with Crippen molar-refractivity contribution in [2.75, 3.05) is 0 Å². The summed E-state index contributed by atoms with van der Waals surface area (Å²) in [7, 11) is 0. The van der Waals surface area contributed by atoms with Gasteiger partial charge in [0.1, 0.15) is 5.71 Å². The number of rotatable bonds is 2. The maximum absolute atomic E-state index is 13.1. The van der Waals surface area contributed by atoms with Crippen LogP contribution < -0.4 is 0 Å². The van der Waals surface area contributed by atoms with Crippen molar-refractivity contribution in [3.05, 3.63) is 71.3 Å². The van der Waals surface area contributed by atoms with Crippen LogP contribution >= 0.6 is 0 Å². The van der Waals surface area contributed by atoms with E-state index in [2.05, 4.69) is 5.10 Å². The van der Waals surface area contributed by atoms with Gasteiger partial charge in [-0.1, -0.05) is 48.0 Å². The number of amides is 1. The van der Waals surface area contributed by atoms with Crippen LogP contribution in [0, 0.1) is 6.92 Å². The Morgan fingerprint density at radius 1 is 1.12 bits per heavy atom. The van der Waals surface area contributed by atoms with Crippen molar-refractivity contribution in [1.82, 2.24) is 5.01 Å². The Morgan fingerprint density at radius 2 is 1.72 bits per heavy atom. The van der Waals surface area contributed by atoms with Crippen LogP contribution in [-0.4, -0.2) is 27.9 Å². The number of nitrogens with zero attached hydrogens (tertiary/aromatic N) is 2. The van der Waals surface area contributed by atoms with Gasteiger partial charge in [0.15, 0.2) is 5.72 Å². The molecule has 1 N–H and O–H groups in total. The van der Waals surface area contributed by atoms with Gasteiger partial charge in [-0.15, -0.1) is 0 Å². The smallest absolute Gasteiger partial charge is 0.365 e. The molecule has 0 saturated carbocycles. The molecule has 25 heavy (non-hydrogen) atoms. The van der Waals surface area contributed by atoms with Gasteiger partial charge >= 0.3 is 6.18 Å². The molecule has 0 fully saturated rings. The van der Waals surface area contributed by atoms with Crippen LogP contribution in [0.2, 0.25) is 0 Å². The molecule has 0 radical (unpaired) electrons. The number of hydrogen-bond acceptors (Lipinski definition) is 3. The molecule has 0 spiro atoms. The number of carbonyl (C=O) groups excluding carboxylic acids is 1. The summed E-state index contributed by atoms with van der Waals surface area (Å²) in [6.45, 7) is 1.81. The molecule has 2 aromatic carbocycles. The van der Waals surface area contributed by atoms with Crippen molar-refractivity contribution < 1.29 is 23.1 Å². The molecule has 7 heteroatoms. The van der Waals surface area contributed by atoms with E-state index in [1.807, 2.05) is 6.92 Å². The fourth-order valence-corrected chi connectivity index (χ4v) is 2.67. The number of aliphatic hydroxyl groups is 1. The van der Waals surface area contributed by atoms with Crippen LogP contribution in [0.1, 0.15) is 27.9 Å². The highest BCUT2D eigenvalue weighted by Gasteiger charge is 2.53. The molecular formula is C18H15F3N2O2. The van der Waals surface area contributed by atoms with E-state index in [1.54, 1.807) is 30.3 Å². The standard InChI is InChI=1S/C18H15F3N2O2/c1-12-7-9-14(10-8-12)17(25)11-15(18(19,20)21)22-23(17)16(24)13-5-3-2-4-6-13/h2-10,25H,11H2,1H3/t17-/m1/s1. The fourth-order valence-electron chi connectivity index (χ4n) is 2.67. The first-order valence-corrected chi connectivity index (χ1v) is 7.55. The van der Waals surface area contributed by atoms with Gasteiger partial charge in [-0.2, -0.15) is 23.3 Å². The van der Waals surface area contributed by atoms with Gasteiger partial charge in [0.2, 0.25) is 0 Å². The lowest BCUT2D eigenvalue weighted by Gasteiger charge is -2.31. The second kappa shape index (κ2) is 6.00. The minimum absolute atomic E-state index is 0.139. The predicted molar refractivity (Wildman–Crippen MR) is 85.8 cm³/mol. The van der Waals surface area contributed by atoms with E-state index in [-0.39, 0.29) is 11.1 Å². The van der Waals surface area contributed by atoms with Gasteiger partial charge in [0.05, 0.1) is 6.42 Å². The third-order valence-electron chi connectivity index (χ3n) is 4.04. The fraction of sp³-hybridized carbons (Fsp3) is 0.222. The van der Waals surface area contributed by atoms with Crippen LogP contribution in [0.25, 0.3) is 0 Å². The average Bonchev–Trinajstić information content (AvgIpc) is 2.94. The van der Waals surface area contributed by atoms with Crippen molar-refractivity contribution in [3.8, 4) is 0 Å². The molecule has 1 heterocycles. The molecule has 1 atom stereocenters. The van der Waals surface area contributed by atoms with Crippen molar-refractivity contribution >= 4 is 11.6 Å². The first-order chi connectivity index (χ1) is 11.7. The van der Waals surface area contributed by atoms with Gasteiger partial charge in [0.25, 0.3) is 5.91 Å². The van der Waals surface area contributed by atoms with E-state index in [4.69, 9.17) is 0 Å². The SMILES string of the molecule is Cc1ccc([C@]2(O)CC(C(F)(F)F)=NN2C(=O)c2ccccc2)cc1. The van der Waals surface area contributed by atoms with E-state index < -0.39 is 29.9 Å². The molecule has 1 amide bonds. The van der Waals surface area contributed by atoms with Crippen molar-refractivity contribution in [3.63, 3.8) is 0 Å². The van der Waals surface area contributed by atoms with Gasteiger partial charge in [-0.3, -0.25) is 4.79 Å². The van der Waals surface area contributed by atoms with Crippen molar-refractivity contribution in [1.29, 1.82) is 0 Å². The van der Waals surface area contributed by atoms with E-state index in [1.165, 1.54) is 24.3 Å². The monoisotopic (exact) mass is 348 g/mol. The molecule has 130 valence electrons. The Kier molecular flexibility index (Phi) is 4.12. The number of halogens is 3. The lowest BCUT2D eigenvalue weighted by atomic mass is 9.95. The maximum Gasteiger partial charge on any atom is 0.431 e. The zero-order valence-electron chi connectivity index (χ0n) is 13.3. The normalized spacial score (nSPS) is 20.5. The molecule has 1 aliphatic rings. The number of aryl methyl sites for hydroxylation is 1. The zero-order valence-corrected chi connectivity index (χ0v) is 13.3. The predicted octanol–water partition coefficient (Wildman–Crippen LogP) is 3.60. The van der Waals surface area contributed by atoms with Crippen LogP contribution in [0.15, 0.2) is 59.7 Å². The topological polar surface area (TPSA) is 52.9 Å². The minimum Gasteiger partial charge on any atom is -0.365 e. The molecule has 0 aliphatic carbocycles. The van der Waals surface area contributed by atoms with Gasteiger partial charge in [-0.05, 0) is 19.1 Å². The summed E-state index contributed by atoms with van der Waals surface area (Å²) in [4.78, 5) is 12.7. The third kappa shape index (κ3) is 3.15. The molecule has 0 aromatic heterocycles. The van der Waals surface area contributed by atoms with Crippen molar-refractivity contribution in [2.24, 2.45) is 5.10 Å². The number of hydrogen-bond donors (Lipinski definition) is 1. The Balaban J connectivity index is 2.07. The summed E-state index contributed by atoms with van der Waals surface area (Å²) >= 11 is 0. The first-order valence-electron chi connectivity index (χ1n) is 7.55. The molecule has 3 rings (SSSR count). The van der Waals surface area contributed by atoms with Crippen molar-refractivity contribution in [2.45, 2.75) is 25.2 Å². The highest BCUT2D eigenvalue weighted by atomic mass is 19.4. The molecule has 0 bridgehead atoms. The Labute approximate surface area is 142 Å². The molecular weight excluding hydrogens is 333 g/mol. The van der Waals surface area contributed by atoms with E-state index in [9.17, 15) is 23.1 Å². The molecule has 4 nitrogen and oxygen atoms in total. The largest absolute Gasteiger partial charge is 0.431 e. The highest BCUT2D eigenvalue weighted by molar-refractivity contribution is 5.99. The second-order valence-corrected chi connectivity index (χ2v) is 5.89. The van der Waals surface area contributed by atoms with Gasteiger partial charge in [-0.25, -0.2) is 0 Å². The third-order valence-corrected chi connectivity index (χ3v) is 4.04. The number of alkyl halides is 3. The maximum atomic E-state index is 13.1. The molecule has 0 saturated heterocycles. The highest BCUT2D eigenvalue weighted by Crippen LogP contribution is 2.40. The Bertz CT molecular complexity index is 816. The van der Waals surface area contributed by atoms with E-state index >= 15 is 0 Å². The average molecular weight is 348 g/mol. The van der Waals surface area contributed by atoms with Crippen LogP contribution in [0.3, 0.4) is 0 Å². The summed E-state index contributed by atoms with van der Waals surface area (Å²) in [5.74, 6) is -0.803. The molecule has 1 aliphatic heterocycles. The Hall–Kier alpha value is -2.67. The summed E-state index contributed by atoms with van der Waals surface area (Å²) in [6.07, 6.45) is -5.55. The van der Waals surface area contributed by atoms with Crippen LogP contribution in [-0.2, 0) is 5.72 Å². The zero-order chi connectivity index (χ0) is 18.2. The number of benzene rings is 2. The lowest BCUT2D eigenvalue weighted by Crippen LogP contribution is -2.43. The van der Waals surface area contributed by atoms with Crippen LogP contribution in [0.4, 0.5) is 13.2 Å². The minimum atomic E-state index is -4.73. The summed E-state index contributed by atoms with van der Waals surface area (Å²) in [5.41, 5.74) is -2.19. The van der Waals surface area contributed by atoms with Crippen LogP contribution in [0.5, 0.6) is 0 Å². The quantitative estimate of drug-likeness (QED) is 0.901. The summed E-state index contributed by atoms with van der Waals surface area (Å²) < 4.78 is 39.4. The molecule has 0 unspecified atom stereocenters. The Morgan fingerprint density at radius 3 is 2.28 bits per heavy atom. The first kappa shape index (κ1) is 17.2. The van der Waals surface area contributed by atoms with Gasteiger partial charge in [0, 0.05) is 11.1 Å². The number of hydrazone groups is 1. The lowest BCUT2D eigenvalue weighted by molar-refractivity contribution is -0.0816. The van der Waals surface area contributed by atoms with Gasteiger partial charge < -0.3 is 5.11 Å². The summed E-state index contributed by atoms with van der Waals surface area (Å²) in [6, 6.07) is 14.1. The van der Waals surface area contributed by atoms with E-state index in [0.29, 0.717) is 5.01 Å². The summed E-state index contributed by atoms with van der Waals surface area (Å²) in [5, 5.41) is 14.9. The number of carbonyl (C=O) groups is 1. The van der Waals surface area contributed by atoms with E-state index in [0.717, 1.165) is 5.56 Å². The second-order valence-electron chi connectivity index (χ2n) is 5.89.